The van der Waals surface area contributed by atoms with Crippen molar-refractivity contribution in [2.24, 2.45) is 11.8 Å². The van der Waals surface area contributed by atoms with Gasteiger partial charge in [-0.2, -0.15) is 0 Å². The average molecular weight is 431 g/mol. The van der Waals surface area contributed by atoms with Gasteiger partial charge in [0.1, 0.15) is 0 Å². The van der Waals surface area contributed by atoms with Crippen molar-refractivity contribution in [1.29, 1.82) is 0 Å². The van der Waals surface area contributed by atoms with E-state index in [1.54, 1.807) is 46.3 Å². The molecule has 0 fully saturated rings. The van der Waals surface area contributed by atoms with Crippen LogP contribution in [0.1, 0.15) is 48.4 Å². The number of benzene rings is 2. The Morgan fingerprint density at radius 2 is 1.17 bits per heavy atom. The van der Waals surface area contributed by atoms with Crippen LogP contribution in [-0.4, -0.2) is 36.0 Å². The second kappa shape index (κ2) is 14.0. The minimum absolute atomic E-state index is 0. The number of carbonyl (C=O) groups is 2. The molecule has 0 aliphatic rings. The van der Waals surface area contributed by atoms with E-state index in [1.807, 2.05) is 13.8 Å². The van der Waals surface area contributed by atoms with Gasteiger partial charge in [0, 0.05) is 23.0 Å². The molecule has 0 saturated heterocycles. The average Bonchev–Trinajstić information content (AvgIpc) is 2.68. The number of ketones is 2. The molecule has 160 valence electrons. The number of phenols is 2. The number of carbonyl (C=O) groups excluding carboxylic acids is 2. The van der Waals surface area contributed by atoms with Gasteiger partial charge in [0.25, 0.3) is 0 Å². The fourth-order valence-electron chi connectivity index (χ4n) is 2.33. The number of rotatable bonds is 6. The molecule has 2 N–H and O–H groups in total. The third-order valence-electron chi connectivity index (χ3n) is 3.98. The molecule has 0 unspecified atom stereocenters. The molecule has 0 atom stereocenters. The molecule has 8 heteroatoms. The first-order valence-corrected chi connectivity index (χ1v) is 8.94. The van der Waals surface area contributed by atoms with E-state index in [0.717, 1.165) is 0 Å². The minimum Gasteiger partial charge on any atom is -1.00 e. The maximum atomic E-state index is 11.7. The second-order valence-electron chi connectivity index (χ2n) is 6.81. The van der Waals surface area contributed by atoms with Gasteiger partial charge in [-0.15, -0.1) is 0 Å². The van der Waals surface area contributed by atoms with Crippen LogP contribution in [-0.2, 0) is 0 Å². The maximum Gasteiger partial charge on any atom is 1.00 e. The van der Waals surface area contributed by atoms with E-state index < -0.39 is 0 Å². The fourth-order valence-corrected chi connectivity index (χ4v) is 2.33. The molecule has 6 nitrogen and oxygen atoms in total. The topological polar surface area (TPSA) is 93.1 Å². The van der Waals surface area contributed by atoms with Gasteiger partial charge >= 0.3 is 18.9 Å². The van der Waals surface area contributed by atoms with Crippen molar-refractivity contribution in [1.82, 2.24) is 0 Å². The normalized spacial score (nSPS) is 9.60. The zero-order chi connectivity index (χ0) is 21.4. The van der Waals surface area contributed by atoms with Crippen LogP contribution < -0.4 is 40.7 Å². The van der Waals surface area contributed by atoms with Gasteiger partial charge in [-0.05, 0) is 36.4 Å². The van der Waals surface area contributed by atoms with Crippen LogP contribution in [0.5, 0.6) is 23.0 Å². The summed E-state index contributed by atoms with van der Waals surface area (Å²) in [7, 11) is 3.13. The van der Waals surface area contributed by atoms with Gasteiger partial charge in [0.15, 0.2) is 34.6 Å². The number of methoxy groups -OCH3 is 2. The van der Waals surface area contributed by atoms with Gasteiger partial charge in [-0.3, -0.25) is 9.59 Å². The Morgan fingerprint density at radius 1 is 0.733 bits per heavy atom. The standard InChI is InChI=1S/C12H16O3.C10H12O3.ClH.Li/c1-8(2)12(13)9-5-6-10(14-3)11(7-9)15-4;1-6(2)10(13)7-3-4-8(11)9(12)5-7;;/h5-8H,1-4H3;3-6,11-12H,1-2H3;1H;/q;;;+1/p-1. The number of Topliss-reactive ketones (excluding diaryl/α,β-unsaturated/α-hetero) is 2. The monoisotopic (exact) mass is 430 g/mol. The molecule has 0 saturated carbocycles. The fraction of sp³-hybridized carbons (Fsp3) is 0.364. The van der Waals surface area contributed by atoms with E-state index in [-0.39, 0.29) is 66.2 Å². The third-order valence-corrected chi connectivity index (χ3v) is 3.98. The van der Waals surface area contributed by atoms with Crippen molar-refractivity contribution in [3.8, 4) is 23.0 Å². The van der Waals surface area contributed by atoms with E-state index in [1.165, 1.54) is 18.2 Å². The van der Waals surface area contributed by atoms with E-state index >= 15 is 0 Å². The van der Waals surface area contributed by atoms with E-state index in [4.69, 9.17) is 19.7 Å². The van der Waals surface area contributed by atoms with Crippen LogP contribution in [0.3, 0.4) is 0 Å². The van der Waals surface area contributed by atoms with E-state index in [9.17, 15) is 9.59 Å². The largest absolute Gasteiger partial charge is 1.00 e. The Balaban J connectivity index is 0. The summed E-state index contributed by atoms with van der Waals surface area (Å²) in [6.07, 6.45) is 0. The van der Waals surface area contributed by atoms with Crippen LogP contribution in [0, 0.1) is 11.8 Å². The molecule has 2 aromatic carbocycles. The molecule has 0 heterocycles. The molecule has 0 spiro atoms. The van der Waals surface area contributed by atoms with Crippen molar-refractivity contribution < 1.29 is 60.5 Å². The maximum absolute atomic E-state index is 11.7. The summed E-state index contributed by atoms with van der Waals surface area (Å²) in [5.41, 5.74) is 1.08. The summed E-state index contributed by atoms with van der Waals surface area (Å²) >= 11 is 0. The number of halogens is 1. The van der Waals surface area contributed by atoms with Crippen LogP contribution in [0.4, 0.5) is 0 Å². The third kappa shape index (κ3) is 8.31. The van der Waals surface area contributed by atoms with Gasteiger partial charge < -0.3 is 32.1 Å². The van der Waals surface area contributed by atoms with Crippen molar-refractivity contribution >= 4 is 11.6 Å². The van der Waals surface area contributed by atoms with Crippen LogP contribution >= 0.6 is 0 Å². The smallest absolute Gasteiger partial charge is 1.00 e. The van der Waals surface area contributed by atoms with E-state index in [2.05, 4.69) is 0 Å². The summed E-state index contributed by atoms with van der Waals surface area (Å²) in [5.74, 6) is 0.701. The zero-order valence-electron chi connectivity index (χ0n) is 18.5. The van der Waals surface area contributed by atoms with Gasteiger partial charge in [0.2, 0.25) is 0 Å². The molecule has 0 radical (unpaired) electrons. The predicted molar refractivity (Wildman–Crippen MR) is 108 cm³/mol. The molecule has 0 aliphatic heterocycles. The minimum atomic E-state index is -0.258. The first kappa shape index (κ1) is 30.1. The molecule has 2 aromatic rings. The predicted octanol–water partition coefficient (Wildman–Crippen LogP) is -1.51. The first-order valence-electron chi connectivity index (χ1n) is 8.94. The quantitative estimate of drug-likeness (QED) is 0.329. The molecule has 0 aromatic heterocycles. The van der Waals surface area contributed by atoms with Crippen LogP contribution in [0.15, 0.2) is 36.4 Å². The molecule has 0 bridgehead atoms. The van der Waals surface area contributed by atoms with E-state index in [0.29, 0.717) is 22.6 Å². The number of hydrogen-bond donors (Lipinski definition) is 2. The number of phenolic OH excluding ortho intramolecular Hbond substituents is 2. The second-order valence-corrected chi connectivity index (χ2v) is 6.81. The molecule has 0 aliphatic carbocycles. The molecule has 0 amide bonds. The van der Waals surface area contributed by atoms with Gasteiger partial charge in [-0.1, -0.05) is 27.7 Å². The van der Waals surface area contributed by atoms with Gasteiger partial charge in [0.05, 0.1) is 14.2 Å². The Kier molecular flexibility index (Phi) is 14.0. The van der Waals surface area contributed by atoms with Crippen molar-refractivity contribution in [2.75, 3.05) is 14.2 Å². The molecular weight excluding hydrogens is 403 g/mol. The Hall–Kier alpha value is -2.13. The summed E-state index contributed by atoms with van der Waals surface area (Å²) in [5, 5.41) is 18.1. The Labute approximate surface area is 196 Å². The van der Waals surface area contributed by atoms with Crippen LogP contribution in [0.25, 0.3) is 0 Å². The van der Waals surface area contributed by atoms with Crippen molar-refractivity contribution in [3.05, 3.63) is 47.5 Å². The summed E-state index contributed by atoms with van der Waals surface area (Å²) < 4.78 is 10.2. The van der Waals surface area contributed by atoms with Gasteiger partial charge in [-0.25, -0.2) is 0 Å². The summed E-state index contributed by atoms with van der Waals surface area (Å²) in [6, 6.07) is 9.29. The summed E-state index contributed by atoms with van der Waals surface area (Å²) in [6.45, 7) is 7.32. The SMILES string of the molecule is CC(C)C(=O)c1ccc(O)c(O)c1.COc1ccc(C(=O)C(C)C)cc1OC.[Cl-].[Li+]. The first-order chi connectivity index (χ1) is 13.1. The Morgan fingerprint density at radius 3 is 1.57 bits per heavy atom. The summed E-state index contributed by atoms with van der Waals surface area (Å²) in [4.78, 5) is 23.1. The van der Waals surface area contributed by atoms with Crippen LogP contribution in [0.2, 0.25) is 0 Å². The Bertz CT molecular complexity index is 836. The van der Waals surface area contributed by atoms with Crippen molar-refractivity contribution in [2.45, 2.75) is 27.7 Å². The molecule has 30 heavy (non-hydrogen) atoms. The molecule has 2 rings (SSSR count). The number of ether oxygens (including phenoxy) is 2. The number of hydrogen-bond acceptors (Lipinski definition) is 6. The molecular formula is C22H28ClLiO6. The van der Waals surface area contributed by atoms with Crippen molar-refractivity contribution in [3.63, 3.8) is 0 Å². The number of aromatic hydroxyl groups is 2. The zero-order valence-corrected chi connectivity index (χ0v) is 19.3.